The summed E-state index contributed by atoms with van der Waals surface area (Å²) in [4.78, 5) is 2.45. The van der Waals surface area contributed by atoms with Crippen LogP contribution in [0.3, 0.4) is 0 Å². The van der Waals surface area contributed by atoms with Crippen molar-refractivity contribution in [3.8, 4) is 0 Å². The average molecular weight is 186 g/mol. The molecule has 2 N–H and O–H groups in total. The lowest BCUT2D eigenvalue weighted by molar-refractivity contribution is -0.0406. The first kappa shape index (κ1) is 11.0. The molecule has 0 saturated carbocycles. The predicted octanol–water partition coefficient (Wildman–Crippen LogP) is 0.834. The van der Waals surface area contributed by atoms with Crippen molar-refractivity contribution in [1.82, 2.24) is 4.90 Å². The Hall–Kier alpha value is -0.120. The van der Waals surface area contributed by atoms with Gasteiger partial charge >= 0.3 is 0 Å². The third kappa shape index (κ3) is 3.25. The lowest BCUT2D eigenvalue weighted by Crippen LogP contribution is -2.50. The summed E-state index contributed by atoms with van der Waals surface area (Å²) in [5, 5.41) is 0. The topological polar surface area (TPSA) is 38.5 Å². The normalized spacial score (nSPS) is 27.5. The molecular formula is C10H22N2O. The van der Waals surface area contributed by atoms with Crippen LogP contribution in [0, 0.1) is 0 Å². The zero-order valence-electron chi connectivity index (χ0n) is 8.83. The quantitative estimate of drug-likeness (QED) is 0.707. The van der Waals surface area contributed by atoms with Crippen LogP contribution in [0.4, 0.5) is 0 Å². The van der Waals surface area contributed by atoms with E-state index in [0.717, 1.165) is 26.1 Å². The third-order valence-corrected chi connectivity index (χ3v) is 2.67. The van der Waals surface area contributed by atoms with E-state index < -0.39 is 0 Å². The fraction of sp³-hybridized carbons (Fsp3) is 1.00. The second-order valence-electron chi connectivity index (χ2n) is 3.78. The van der Waals surface area contributed by atoms with Crippen molar-refractivity contribution in [1.29, 1.82) is 0 Å². The van der Waals surface area contributed by atoms with Gasteiger partial charge in [0, 0.05) is 19.1 Å². The molecule has 1 aliphatic rings. The van der Waals surface area contributed by atoms with Gasteiger partial charge in [-0.05, 0) is 19.4 Å². The Morgan fingerprint density at radius 1 is 1.54 bits per heavy atom. The third-order valence-electron chi connectivity index (χ3n) is 2.67. The fourth-order valence-corrected chi connectivity index (χ4v) is 1.77. The molecule has 3 nitrogen and oxygen atoms in total. The van der Waals surface area contributed by atoms with E-state index in [1.165, 1.54) is 13.0 Å². The summed E-state index contributed by atoms with van der Waals surface area (Å²) in [5.41, 5.74) is 5.95. The number of morpholine rings is 1. The van der Waals surface area contributed by atoms with E-state index in [1.807, 2.05) is 0 Å². The zero-order valence-corrected chi connectivity index (χ0v) is 8.83. The average Bonchev–Trinajstić information content (AvgIpc) is 2.18. The summed E-state index contributed by atoms with van der Waals surface area (Å²) >= 11 is 0. The van der Waals surface area contributed by atoms with E-state index >= 15 is 0 Å². The molecule has 1 fully saturated rings. The summed E-state index contributed by atoms with van der Waals surface area (Å²) < 4.78 is 5.64. The van der Waals surface area contributed by atoms with Gasteiger partial charge in [0.1, 0.15) is 0 Å². The van der Waals surface area contributed by atoms with E-state index in [-0.39, 0.29) is 12.1 Å². The minimum atomic E-state index is 0.208. The molecule has 0 spiro atoms. The van der Waals surface area contributed by atoms with Crippen LogP contribution in [0.2, 0.25) is 0 Å². The maximum atomic E-state index is 5.95. The van der Waals surface area contributed by atoms with Crippen LogP contribution in [0.1, 0.15) is 26.7 Å². The van der Waals surface area contributed by atoms with Crippen molar-refractivity contribution in [2.75, 3.05) is 26.2 Å². The number of rotatable bonds is 4. The zero-order chi connectivity index (χ0) is 9.68. The van der Waals surface area contributed by atoms with Crippen LogP contribution in [0.15, 0.2) is 0 Å². The molecule has 13 heavy (non-hydrogen) atoms. The summed E-state index contributed by atoms with van der Waals surface area (Å²) in [6, 6.07) is 0.208. The highest BCUT2D eigenvalue weighted by Crippen LogP contribution is 2.09. The molecule has 0 aromatic carbocycles. The van der Waals surface area contributed by atoms with Crippen molar-refractivity contribution in [3.05, 3.63) is 0 Å². The summed E-state index contributed by atoms with van der Waals surface area (Å²) in [6.07, 6.45) is 2.48. The second-order valence-corrected chi connectivity index (χ2v) is 3.78. The van der Waals surface area contributed by atoms with Crippen LogP contribution in [0.5, 0.6) is 0 Å². The Morgan fingerprint density at radius 2 is 2.31 bits per heavy atom. The molecule has 1 aliphatic heterocycles. The Morgan fingerprint density at radius 3 is 2.92 bits per heavy atom. The van der Waals surface area contributed by atoms with Crippen molar-refractivity contribution in [2.24, 2.45) is 5.73 Å². The van der Waals surface area contributed by atoms with Gasteiger partial charge in [0.05, 0.1) is 12.7 Å². The molecule has 3 heteroatoms. The van der Waals surface area contributed by atoms with Crippen LogP contribution in [0.25, 0.3) is 0 Å². The lowest BCUT2D eigenvalue weighted by Gasteiger charge is -2.35. The molecule has 2 atom stereocenters. The number of hydrogen-bond donors (Lipinski definition) is 1. The SMILES string of the molecule is CCCN1CCOC([C@H](N)CC)C1. The highest BCUT2D eigenvalue weighted by molar-refractivity contribution is 4.79. The van der Waals surface area contributed by atoms with Crippen molar-refractivity contribution >= 4 is 0 Å². The van der Waals surface area contributed by atoms with Crippen molar-refractivity contribution in [3.63, 3.8) is 0 Å². The van der Waals surface area contributed by atoms with Crippen LogP contribution < -0.4 is 5.73 Å². The van der Waals surface area contributed by atoms with Gasteiger partial charge in [0.2, 0.25) is 0 Å². The highest BCUT2D eigenvalue weighted by Gasteiger charge is 2.23. The van der Waals surface area contributed by atoms with Crippen LogP contribution >= 0.6 is 0 Å². The van der Waals surface area contributed by atoms with Gasteiger partial charge in [0.15, 0.2) is 0 Å². The first-order valence-electron chi connectivity index (χ1n) is 5.37. The molecule has 0 aromatic rings. The minimum Gasteiger partial charge on any atom is -0.374 e. The van der Waals surface area contributed by atoms with Crippen molar-refractivity contribution < 1.29 is 4.74 Å². The Kier molecular flexibility index (Phi) is 4.70. The Labute approximate surface area is 81.2 Å². The fourth-order valence-electron chi connectivity index (χ4n) is 1.77. The monoisotopic (exact) mass is 186 g/mol. The first-order valence-corrected chi connectivity index (χ1v) is 5.37. The van der Waals surface area contributed by atoms with E-state index in [9.17, 15) is 0 Å². The minimum absolute atomic E-state index is 0.208. The molecular weight excluding hydrogens is 164 g/mol. The highest BCUT2D eigenvalue weighted by atomic mass is 16.5. The number of nitrogens with zero attached hydrogens (tertiary/aromatic N) is 1. The molecule has 78 valence electrons. The maximum absolute atomic E-state index is 5.95. The number of hydrogen-bond acceptors (Lipinski definition) is 3. The van der Waals surface area contributed by atoms with Gasteiger partial charge in [-0.1, -0.05) is 13.8 Å². The molecule has 1 rings (SSSR count). The summed E-state index contributed by atoms with van der Waals surface area (Å²) in [7, 11) is 0. The molecule has 0 aliphatic carbocycles. The first-order chi connectivity index (χ1) is 6.27. The smallest absolute Gasteiger partial charge is 0.0853 e. The summed E-state index contributed by atoms with van der Waals surface area (Å²) in [5.74, 6) is 0. The Balaban J connectivity index is 2.32. The number of ether oxygens (including phenoxy) is 1. The van der Waals surface area contributed by atoms with Gasteiger partial charge in [-0.2, -0.15) is 0 Å². The van der Waals surface area contributed by atoms with E-state index in [1.54, 1.807) is 0 Å². The Bertz CT molecular complexity index is 139. The van der Waals surface area contributed by atoms with Crippen molar-refractivity contribution in [2.45, 2.75) is 38.8 Å². The second kappa shape index (κ2) is 5.58. The molecule has 0 amide bonds. The molecule has 0 aromatic heterocycles. The molecule has 1 heterocycles. The standard InChI is InChI=1S/C10H22N2O/c1-3-5-12-6-7-13-10(8-12)9(11)4-2/h9-10H,3-8,11H2,1-2H3/t9-,10?/m1/s1. The van der Waals surface area contributed by atoms with Gasteiger partial charge < -0.3 is 10.5 Å². The van der Waals surface area contributed by atoms with Gasteiger partial charge in [-0.25, -0.2) is 0 Å². The van der Waals surface area contributed by atoms with Gasteiger partial charge in [-0.3, -0.25) is 4.90 Å². The van der Waals surface area contributed by atoms with Gasteiger partial charge in [0.25, 0.3) is 0 Å². The number of nitrogens with two attached hydrogens (primary N) is 1. The largest absolute Gasteiger partial charge is 0.374 e. The van der Waals surface area contributed by atoms with Crippen LogP contribution in [-0.2, 0) is 4.74 Å². The van der Waals surface area contributed by atoms with Crippen LogP contribution in [-0.4, -0.2) is 43.3 Å². The molecule has 1 unspecified atom stereocenters. The summed E-state index contributed by atoms with van der Waals surface area (Å²) in [6.45, 7) is 8.44. The molecule has 0 bridgehead atoms. The van der Waals surface area contributed by atoms with E-state index in [4.69, 9.17) is 10.5 Å². The van der Waals surface area contributed by atoms with Gasteiger partial charge in [-0.15, -0.1) is 0 Å². The molecule has 0 radical (unpaired) electrons. The van der Waals surface area contributed by atoms with E-state index in [0.29, 0.717) is 0 Å². The lowest BCUT2D eigenvalue weighted by atomic mass is 10.1. The predicted molar refractivity (Wildman–Crippen MR) is 54.7 cm³/mol. The molecule has 1 saturated heterocycles. The maximum Gasteiger partial charge on any atom is 0.0853 e. The van der Waals surface area contributed by atoms with E-state index in [2.05, 4.69) is 18.7 Å².